The Labute approximate surface area is 171 Å². The van der Waals surface area contributed by atoms with Crippen molar-refractivity contribution in [1.82, 2.24) is 10.2 Å². The van der Waals surface area contributed by atoms with E-state index in [0.717, 1.165) is 31.5 Å². The molecule has 156 valence electrons. The van der Waals surface area contributed by atoms with Crippen LogP contribution in [-0.2, 0) is 4.79 Å². The van der Waals surface area contributed by atoms with Crippen LogP contribution >= 0.6 is 0 Å². The molecule has 3 rings (SSSR count). The van der Waals surface area contributed by atoms with Crippen LogP contribution in [0.15, 0.2) is 28.9 Å². The second-order valence-corrected chi connectivity index (χ2v) is 7.30. The molecule has 0 bridgehead atoms. The number of aliphatic imine (C=N–C) groups is 1. The molecule has 7 heteroatoms. The number of carbonyl (C=O) groups excluding carboxylic acids is 2. The summed E-state index contributed by atoms with van der Waals surface area (Å²) in [6.45, 7) is 5.03. The second kappa shape index (κ2) is 9.58. The van der Waals surface area contributed by atoms with E-state index in [9.17, 15) is 9.59 Å². The van der Waals surface area contributed by atoms with Crippen molar-refractivity contribution in [3.05, 3.63) is 29.5 Å². The van der Waals surface area contributed by atoms with Gasteiger partial charge in [0.1, 0.15) is 0 Å². The van der Waals surface area contributed by atoms with E-state index >= 15 is 0 Å². The molecule has 0 aliphatic carbocycles. The second-order valence-electron chi connectivity index (χ2n) is 7.30. The van der Waals surface area contributed by atoms with E-state index in [1.165, 1.54) is 0 Å². The lowest BCUT2D eigenvalue weighted by Gasteiger charge is -2.20. The summed E-state index contributed by atoms with van der Waals surface area (Å²) < 4.78 is 11.3. The molecule has 2 heterocycles. The van der Waals surface area contributed by atoms with Crippen LogP contribution in [-0.4, -0.2) is 49.2 Å². The van der Waals surface area contributed by atoms with Gasteiger partial charge in [0.15, 0.2) is 11.5 Å². The number of nitrogens with zero attached hydrogens (tertiary/aromatic N) is 2. The predicted molar refractivity (Wildman–Crippen MR) is 112 cm³/mol. The Morgan fingerprint density at radius 2 is 2.21 bits per heavy atom. The number of carbonyl (C=O) groups is 2. The van der Waals surface area contributed by atoms with Gasteiger partial charge in [-0.15, -0.1) is 0 Å². The summed E-state index contributed by atoms with van der Waals surface area (Å²) in [6, 6.07) is 3.52. The number of rotatable bonds is 8. The Bertz CT molecular complexity index is 832. The number of hydrogen-bond donors (Lipinski definition) is 1. The fourth-order valence-corrected chi connectivity index (χ4v) is 3.67. The zero-order valence-electron chi connectivity index (χ0n) is 17.4. The van der Waals surface area contributed by atoms with Gasteiger partial charge in [-0.3, -0.25) is 14.6 Å². The van der Waals surface area contributed by atoms with Crippen LogP contribution in [0.1, 0.15) is 56.3 Å². The molecule has 1 fully saturated rings. The average Bonchev–Trinajstić information content (AvgIpc) is 3.13. The lowest BCUT2D eigenvalue weighted by Crippen LogP contribution is -2.35. The number of allylic oxidation sites excluding steroid dienone is 2. The highest BCUT2D eigenvalue weighted by Crippen LogP contribution is 2.38. The number of ether oxygens (including phenoxy) is 2. The third-order valence-electron chi connectivity index (χ3n) is 5.11. The van der Waals surface area contributed by atoms with Crippen molar-refractivity contribution in [3.63, 3.8) is 0 Å². The molecule has 1 unspecified atom stereocenters. The normalized spacial score (nSPS) is 18.2. The first-order valence-corrected chi connectivity index (χ1v) is 10.2. The summed E-state index contributed by atoms with van der Waals surface area (Å²) in [7, 11) is 1.55. The van der Waals surface area contributed by atoms with Gasteiger partial charge in [0.2, 0.25) is 5.91 Å². The van der Waals surface area contributed by atoms with Crippen molar-refractivity contribution in [3.8, 4) is 11.5 Å². The number of nitrogens with one attached hydrogen (secondary N) is 1. The average molecular weight is 399 g/mol. The first kappa shape index (κ1) is 20.9. The predicted octanol–water partition coefficient (Wildman–Crippen LogP) is 3.60. The van der Waals surface area contributed by atoms with Gasteiger partial charge in [0.25, 0.3) is 5.91 Å². The van der Waals surface area contributed by atoms with Crippen LogP contribution < -0.4 is 14.8 Å². The molecule has 2 aliphatic heterocycles. The van der Waals surface area contributed by atoms with Crippen molar-refractivity contribution in [1.29, 1.82) is 0 Å². The van der Waals surface area contributed by atoms with E-state index in [1.807, 2.05) is 31.0 Å². The SMILES string of the molecule is CC/C=C(\C)NC(=O)CCCOc1cc2c(cc1OC)C(=O)N1CCCC1C=N2. The third-order valence-corrected chi connectivity index (χ3v) is 5.11. The van der Waals surface area contributed by atoms with Gasteiger partial charge in [-0.2, -0.15) is 0 Å². The summed E-state index contributed by atoms with van der Waals surface area (Å²) >= 11 is 0. The van der Waals surface area contributed by atoms with E-state index in [0.29, 0.717) is 42.2 Å². The summed E-state index contributed by atoms with van der Waals surface area (Å²) in [5.74, 6) is 0.981. The summed E-state index contributed by atoms with van der Waals surface area (Å²) in [5, 5.41) is 2.85. The van der Waals surface area contributed by atoms with Crippen LogP contribution in [0.25, 0.3) is 0 Å². The minimum Gasteiger partial charge on any atom is -0.493 e. The highest BCUT2D eigenvalue weighted by atomic mass is 16.5. The van der Waals surface area contributed by atoms with E-state index in [2.05, 4.69) is 10.3 Å². The van der Waals surface area contributed by atoms with Gasteiger partial charge in [-0.1, -0.05) is 13.0 Å². The smallest absolute Gasteiger partial charge is 0.256 e. The molecular formula is C22H29N3O4. The Morgan fingerprint density at radius 1 is 1.38 bits per heavy atom. The topological polar surface area (TPSA) is 80.2 Å². The zero-order chi connectivity index (χ0) is 20.8. The van der Waals surface area contributed by atoms with Crippen LogP contribution in [0.4, 0.5) is 5.69 Å². The van der Waals surface area contributed by atoms with Gasteiger partial charge >= 0.3 is 0 Å². The van der Waals surface area contributed by atoms with Crippen molar-refractivity contribution in [2.45, 2.75) is 52.0 Å². The molecule has 0 radical (unpaired) electrons. The van der Waals surface area contributed by atoms with Gasteiger partial charge in [-0.25, -0.2) is 0 Å². The molecule has 7 nitrogen and oxygen atoms in total. The number of hydrogen-bond acceptors (Lipinski definition) is 5. The molecule has 2 amide bonds. The lowest BCUT2D eigenvalue weighted by molar-refractivity contribution is -0.120. The fourth-order valence-electron chi connectivity index (χ4n) is 3.67. The van der Waals surface area contributed by atoms with Crippen LogP contribution in [0.2, 0.25) is 0 Å². The molecule has 0 aromatic heterocycles. The minimum atomic E-state index is -0.0273. The number of benzene rings is 1. The van der Waals surface area contributed by atoms with E-state index in [-0.39, 0.29) is 17.9 Å². The van der Waals surface area contributed by atoms with E-state index < -0.39 is 0 Å². The quantitative estimate of drug-likeness (QED) is 0.677. The molecule has 29 heavy (non-hydrogen) atoms. The lowest BCUT2D eigenvalue weighted by atomic mass is 10.1. The molecule has 2 aliphatic rings. The van der Waals surface area contributed by atoms with Gasteiger partial charge in [0.05, 0.1) is 31.0 Å². The number of amides is 2. The van der Waals surface area contributed by atoms with Crippen molar-refractivity contribution in [2.75, 3.05) is 20.3 Å². The molecule has 0 spiro atoms. The largest absolute Gasteiger partial charge is 0.493 e. The highest BCUT2D eigenvalue weighted by Gasteiger charge is 2.32. The number of methoxy groups -OCH3 is 1. The molecule has 1 atom stereocenters. The molecule has 1 saturated heterocycles. The fraction of sp³-hybridized carbons (Fsp3) is 0.500. The Kier molecular flexibility index (Phi) is 6.90. The summed E-state index contributed by atoms with van der Waals surface area (Å²) in [4.78, 5) is 31.2. The van der Waals surface area contributed by atoms with E-state index in [4.69, 9.17) is 9.47 Å². The van der Waals surface area contributed by atoms with Crippen molar-refractivity contribution < 1.29 is 19.1 Å². The molecule has 0 saturated carbocycles. The summed E-state index contributed by atoms with van der Waals surface area (Å²) in [6.07, 6.45) is 7.59. The maximum atomic E-state index is 12.9. The van der Waals surface area contributed by atoms with Crippen LogP contribution in [0.5, 0.6) is 11.5 Å². The van der Waals surface area contributed by atoms with Gasteiger partial charge < -0.3 is 19.7 Å². The Balaban J connectivity index is 1.63. The Hall–Kier alpha value is -2.83. The van der Waals surface area contributed by atoms with E-state index in [1.54, 1.807) is 19.2 Å². The standard InChI is InChI=1S/C22H29N3O4/c1-4-7-15(2)24-21(26)9-6-11-29-20-13-18-17(12-19(20)28-3)22(27)25-10-5-8-16(25)14-23-18/h7,12-14,16H,4-6,8-11H2,1-3H3,(H,24,26)/b15-7+. The third kappa shape index (κ3) is 4.96. The van der Waals surface area contributed by atoms with Crippen LogP contribution in [0, 0.1) is 0 Å². The van der Waals surface area contributed by atoms with Crippen molar-refractivity contribution >= 4 is 23.7 Å². The highest BCUT2D eigenvalue weighted by molar-refractivity contribution is 6.03. The molecular weight excluding hydrogens is 370 g/mol. The minimum absolute atomic E-state index is 0.0166. The monoisotopic (exact) mass is 399 g/mol. The van der Waals surface area contributed by atoms with Crippen LogP contribution in [0.3, 0.4) is 0 Å². The summed E-state index contributed by atoms with van der Waals surface area (Å²) in [5.41, 5.74) is 2.00. The van der Waals surface area contributed by atoms with Crippen molar-refractivity contribution in [2.24, 2.45) is 4.99 Å². The number of fused-ring (bicyclic) bond motifs is 2. The molecule has 1 aromatic carbocycles. The first-order chi connectivity index (χ1) is 14.0. The maximum absolute atomic E-state index is 12.9. The first-order valence-electron chi connectivity index (χ1n) is 10.2. The van der Waals surface area contributed by atoms with Gasteiger partial charge in [0, 0.05) is 30.9 Å². The molecule has 1 aromatic rings. The molecule has 1 N–H and O–H groups in total. The maximum Gasteiger partial charge on any atom is 0.256 e. The zero-order valence-corrected chi connectivity index (χ0v) is 17.4. The van der Waals surface area contributed by atoms with Gasteiger partial charge in [-0.05, 0) is 38.7 Å². The Morgan fingerprint density at radius 3 is 2.97 bits per heavy atom.